The third-order valence-corrected chi connectivity index (χ3v) is 4.54. The van der Waals surface area contributed by atoms with E-state index in [2.05, 4.69) is 28.8 Å². The summed E-state index contributed by atoms with van der Waals surface area (Å²) in [5.74, 6) is 0. The number of benzene rings is 1. The van der Waals surface area contributed by atoms with E-state index in [1.807, 2.05) is 12.1 Å². The van der Waals surface area contributed by atoms with Crippen LogP contribution in [-0.4, -0.2) is 47.5 Å². The zero-order valence-corrected chi connectivity index (χ0v) is 12.9. The fourth-order valence-electron chi connectivity index (χ4n) is 3.15. The number of hydrogen-bond donors (Lipinski definition) is 0. The molecule has 1 atom stereocenters. The number of nitro groups is 1. The van der Waals surface area contributed by atoms with Crippen LogP contribution >= 0.6 is 0 Å². The van der Waals surface area contributed by atoms with Crippen LogP contribution in [0.1, 0.15) is 13.3 Å². The van der Waals surface area contributed by atoms with Crippen LogP contribution in [0.2, 0.25) is 0 Å². The standard InChI is InChI=1S/C16H20N4O2/c1-3-18(2)12-8-10-19(11-12)15-7-6-14-13(5-4-9-17-14)16(15)20(21)22/h4-7,9,12H,3,8,10-11H2,1-2H3. The third kappa shape index (κ3) is 2.50. The molecule has 1 aromatic heterocycles. The number of pyridine rings is 1. The average Bonchev–Trinajstić information content (AvgIpc) is 3.02. The lowest BCUT2D eigenvalue weighted by Crippen LogP contribution is -2.34. The highest BCUT2D eigenvalue weighted by molar-refractivity contribution is 5.94. The van der Waals surface area contributed by atoms with E-state index in [0.29, 0.717) is 22.6 Å². The molecular weight excluding hydrogens is 280 g/mol. The van der Waals surface area contributed by atoms with Gasteiger partial charge in [-0.3, -0.25) is 15.1 Å². The number of nitrogens with zero attached hydrogens (tertiary/aromatic N) is 4. The van der Waals surface area contributed by atoms with Crippen molar-refractivity contribution in [1.29, 1.82) is 0 Å². The molecule has 22 heavy (non-hydrogen) atoms. The van der Waals surface area contributed by atoms with E-state index >= 15 is 0 Å². The van der Waals surface area contributed by atoms with E-state index in [4.69, 9.17) is 0 Å². The lowest BCUT2D eigenvalue weighted by molar-refractivity contribution is -0.382. The van der Waals surface area contributed by atoms with Gasteiger partial charge in [-0.2, -0.15) is 0 Å². The van der Waals surface area contributed by atoms with Crippen molar-refractivity contribution in [3.8, 4) is 0 Å². The second-order valence-electron chi connectivity index (χ2n) is 5.72. The number of rotatable bonds is 4. The van der Waals surface area contributed by atoms with Crippen LogP contribution in [0.5, 0.6) is 0 Å². The molecule has 3 rings (SSSR count). The Morgan fingerprint density at radius 3 is 3.00 bits per heavy atom. The molecule has 0 amide bonds. The SMILES string of the molecule is CCN(C)C1CCN(c2ccc3ncccc3c2[N+](=O)[O-])C1. The highest BCUT2D eigenvalue weighted by Crippen LogP contribution is 2.36. The lowest BCUT2D eigenvalue weighted by Gasteiger charge is -2.24. The minimum Gasteiger partial charge on any atom is -0.364 e. The molecule has 6 heteroatoms. The Balaban J connectivity index is 2.01. The summed E-state index contributed by atoms with van der Waals surface area (Å²) in [5.41, 5.74) is 1.54. The number of anilines is 1. The Kier molecular flexibility index (Phi) is 3.94. The molecule has 1 aliphatic heterocycles. The zero-order chi connectivity index (χ0) is 15.7. The van der Waals surface area contributed by atoms with Crippen molar-refractivity contribution in [2.75, 3.05) is 31.6 Å². The summed E-state index contributed by atoms with van der Waals surface area (Å²) in [5, 5.41) is 12.2. The lowest BCUT2D eigenvalue weighted by atomic mass is 10.1. The Bertz CT molecular complexity index is 704. The van der Waals surface area contributed by atoms with Crippen molar-refractivity contribution >= 4 is 22.3 Å². The Morgan fingerprint density at radius 1 is 1.45 bits per heavy atom. The first-order valence-corrected chi connectivity index (χ1v) is 7.59. The molecule has 1 fully saturated rings. The van der Waals surface area contributed by atoms with Gasteiger partial charge in [-0.25, -0.2) is 0 Å². The minimum absolute atomic E-state index is 0.172. The van der Waals surface area contributed by atoms with Crippen LogP contribution < -0.4 is 4.90 Å². The average molecular weight is 300 g/mol. The van der Waals surface area contributed by atoms with Crippen LogP contribution in [0.4, 0.5) is 11.4 Å². The second-order valence-corrected chi connectivity index (χ2v) is 5.72. The van der Waals surface area contributed by atoms with Crippen molar-refractivity contribution in [1.82, 2.24) is 9.88 Å². The second kappa shape index (κ2) is 5.88. The summed E-state index contributed by atoms with van der Waals surface area (Å²) in [4.78, 5) is 20.0. The summed E-state index contributed by atoms with van der Waals surface area (Å²) in [6.45, 7) is 4.80. The molecule has 0 bridgehead atoms. The van der Waals surface area contributed by atoms with Crippen molar-refractivity contribution in [2.24, 2.45) is 0 Å². The van der Waals surface area contributed by atoms with Crippen molar-refractivity contribution < 1.29 is 4.92 Å². The highest BCUT2D eigenvalue weighted by Gasteiger charge is 2.30. The van der Waals surface area contributed by atoms with E-state index < -0.39 is 0 Å². The van der Waals surface area contributed by atoms with E-state index in [1.165, 1.54) is 0 Å². The predicted octanol–water partition coefficient (Wildman–Crippen LogP) is 2.67. The van der Waals surface area contributed by atoms with Gasteiger partial charge < -0.3 is 9.80 Å². The largest absolute Gasteiger partial charge is 0.364 e. The summed E-state index contributed by atoms with van der Waals surface area (Å²) in [7, 11) is 2.10. The quantitative estimate of drug-likeness (QED) is 0.641. The van der Waals surface area contributed by atoms with Crippen LogP contribution in [0.25, 0.3) is 10.9 Å². The molecule has 0 spiro atoms. The van der Waals surface area contributed by atoms with Gasteiger partial charge >= 0.3 is 5.69 Å². The van der Waals surface area contributed by atoms with Crippen LogP contribution in [0.15, 0.2) is 30.5 Å². The number of aromatic nitrogens is 1. The maximum atomic E-state index is 11.6. The van der Waals surface area contributed by atoms with Crippen molar-refractivity contribution in [2.45, 2.75) is 19.4 Å². The fraction of sp³-hybridized carbons (Fsp3) is 0.438. The van der Waals surface area contributed by atoms with Gasteiger partial charge in [0.1, 0.15) is 5.69 Å². The van der Waals surface area contributed by atoms with Gasteiger partial charge in [0.25, 0.3) is 0 Å². The molecule has 116 valence electrons. The first-order chi connectivity index (χ1) is 10.6. The summed E-state index contributed by atoms with van der Waals surface area (Å²) in [6, 6.07) is 7.68. The maximum absolute atomic E-state index is 11.6. The van der Waals surface area contributed by atoms with Crippen molar-refractivity contribution in [3.63, 3.8) is 0 Å². The van der Waals surface area contributed by atoms with Crippen LogP contribution in [-0.2, 0) is 0 Å². The molecule has 0 radical (unpaired) electrons. The van der Waals surface area contributed by atoms with Gasteiger partial charge in [0.2, 0.25) is 0 Å². The van der Waals surface area contributed by atoms with E-state index in [-0.39, 0.29) is 10.6 Å². The first-order valence-electron chi connectivity index (χ1n) is 7.59. The molecule has 1 unspecified atom stereocenters. The summed E-state index contributed by atoms with van der Waals surface area (Å²) in [6.07, 6.45) is 2.69. The van der Waals surface area contributed by atoms with Gasteiger partial charge in [0, 0.05) is 25.3 Å². The van der Waals surface area contributed by atoms with E-state index in [0.717, 1.165) is 26.1 Å². The van der Waals surface area contributed by atoms with E-state index in [9.17, 15) is 10.1 Å². The smallest absolute Gasteiger partial charge is 0.301 e. The van der Waals surface area contributed by atoms with Crippen LogP contribution in [0.3, 0.4) is 0 Å². The number of hydrogen-bond acceptors (Lipinski definition) is 5. The van der Waals surface area contributed by atoms with Crippen LogP contribution in [0, 0.1) is 10.1 Å². The first kappa shape index (κ1) is 14.7. The predicted molar refractivity (Wildman–Crippen MR) is 87.3 cm³/mol. The monoisotopic (exact) mass is 300 g/mol. The van der Waals surface area contributed by atoms with Gasteiger partial charge in [0.15, 0.2) is 0 Å². The van der Waals surface area contributed by atoms with Gasteiger partial charge in [-0.05, 0) is 44.3 Å². The Hall–Kier alpha value is -2.21. The minimum atomic E-state index is -0.282. The summed E-state index contributed by atoms with van der Waals surface area (Å²) >= 11 is 0. The normalized spacial score (nSPS) is 18.3. The molecule has 2 aromatic rings. The molecule has 2 heterocycles. The maximum Gasteiger partial charge on any atom is 0.301 e. The van der Waals surface area contributed by atoms with Gasteiger partial charge in [-0.1, -0.05) is 6.92 Å². The fourth-order valence-corrected chi connectivity index (χ4v) is 3.15. The topological polar surface area (TPSA) is 62.5 Å². The van der Waals surface area contributed by atoms with Gasteiger partial charge in [-0.15, -0.1) is 0 Å². The molecule has 0 saturated carbocycles. The highest BCUT2D eigenvalue weighted by atomic mass is 16.6. The molecule has 1 aliphatic rings. The molecule has 1 saturated heterocycles. The van der Waals surface area contributed by atoms with Crippen molar-refractivity contribution in [3.05, 3.63) is 40.6 Å². The Labute approximate surface area is 129 Å². The number of nitro benzene ring substituents is 1. The number of fused-ring (bicyclic) bond motifs is 1. The third-order valence-electron chi connectivity index (χ3n) is 4.54. The van der Waals surface area contributed by atoms with E-state index in [1.54, 1.807) is 18.3 Å². The zero-order valence-electron chi connectivity index (χ0n) is 12.9. The molecule has 6 nitrogen and oxygen atoms in total. The summed E-state index contributed by atoms with van der Waals surface area (Å²) < 4.78 is 0. The molecule has 0 N–H and O–H groups in total. The molecule has 1 aromatic carbocycles. The molecular formula is C16H20N4O2. The number of likely N-dealkylation sites (N-methyl/N-ethyl adjacent to an activating group) is 1. The van der Waals surface area contributed by atoms with Gasteiger partial charge in [0.05, 0.1) is 15.8 Å². The Morgan fingerprint density at radius 2 is 2.27 bits per heavy atom. The molecule has 0 aliphatic carbocycles.